The lowest BCUT2D eigenvalue weighted by Gasteiger charge is -2.30. The number of piperidine rings is 1. The van der Waals surface area contributed by atoms with Crippen LogP contribution in [0.25, 0.3) is 0 Å². The van der Waals surface area contributed by atoms with Crippen molar-refractivity contribution in [3.63, 3.8) is 0 Å². The number of likely N-dealkylation sites (tertiary alicyclic amines) is 1. The molecule has 0 saturated carbocycles. The fourth-order valence-corrected chi connectivity index (χ4v) is 4.47. The van der Waals surface area contributed by atoms with Crippen LogP contribution in [-0.4, -0.2) is 52.0 Å². The van der Waals surface area contributed by atoms with Crippen molar-refractivity contribution in [3.05, 3.63) is 17.7 Å². The first-order chi connectivity index (χ1) is 11.8. The molecule has 1 fully saturated rings. The highest BCUT2D eigenvalue weighted by atomic mass is 32.2. The van der Waals surface area contributed by atoms with Gasteiger partial charge in [0.2, 0.25) is 10.0 Å². The number of nitrogens with zero attached hydrogens (tertiary/aromatic N) is 1. The third-order valence-corrected chi connectivity index (χ3v) is 6.40. The minimum Gasteiger partial charge on any atom is -0.482 e. The third-order valence-electron chi connectivity index (χ3n) is 4.80. The molecule has 3 rings (SSSR count). The monoisotopic (exact) mass is 367 g/mol. The summed E-state index contributed by atoms with van der Waals surface area (Å²) in [6.45, 7) is 7.00. The van der Waals surface area contributed by atoms with Crippen LogP contribution in [0.3, 0.4) is 0 Å². The summed E-state index contributed by atoms with van der Waals surface area (Å²) in [5, 5.41) is 2.68. The van der Waals surface area contributed by atoms with Crippen LogP contribution in [0.4, 0.5) is 5.69 Å². The molecule has 0 radical (unpaired) electrons. The number of aryl methyl sites for hydroxylation is 1. The van der Waals surface area contributed by atoms with Gasteiger partial charge in [-0.2, -0.15) is 0 Å². The Morgan fingerprint density at radius 1 is 1.32 bits per heavy atom. The average Bonchev–Trinajstić information content (AvgIpc) is 2.55. The van der Waals surface area contributed by atoms with Gasteiger partial charge in [0.05, 0.1) is 10.6 Å². The van der Waals surface area contributed by atoms with Crippen molar-refractivity contribution in [2.24, 2.45) is 5.92 Å². The fourth-order valence-electron chi connectivity index (χ4n) is 3.21. The first-order valence-electron chi connectivity index (χ1n) is 8.64. The Hall–Kier alpha value is -1.64. The number of carbonyl (C=O) groups excluding carboxylic acids is 1. The summed E-state index contributed by atoms with van der Waals surface area (Å²) in [6.07, 6.45) is 2.33. The number of carbonyl (C=O) groups is 1. The topological polar surface area (TPSA) is 87.7 Å². The van der Waals surface area contributed by atoms with Crippen molar-refractivity contribution in [3.8, 4) is 5.75 Å². The normalized spacial score (nSPS) is 19.2. The zero-order chi connectivity index (χ0) is 18.0. The Bertz CT molecular complexity index is 755. The Labute approximate surface area is 148 Å². The maximum absolute atomic E-state index is 12.6. The predicted molar refractivity (Wildman–Crippen MR) is 95.3 cm³/mol. The zero-order valence-corrected chi connectivity index (χ0v) is 15.5. The molecule has 0 atom stereocenters. The summed E-state index contributed by atoms with van der Waals surface area (Å²) >= 11 is 0. The van der Waals surface area contributed by atoms with Crippen molar-refractivity contribution in [1.82, 2.24) is 9.62 Å². The molecular formula is C17H25N3O4S. The van der Waals surface area contributed by atoms with Crippen LogP contribution in [0.2, 0.25) is 0 Å². The Kier molecular flexibility index (Phi) is 5.31. The largest absolute Gasteiger partial charge is 0.482 e. The third kappa shape index (κ3) is 4.31. The van der Waals surface area contributed by atoms with E-state index in [-0.39, 0.29) is 17.4 Å². The summed E-state index contributed by atoms with van der Waals surface area (Å²) in [7, 11) is -3.62. The SMILES string of the molecule is Cc1cc2c(cc1S(=O)(=O)NCCN1CCC(C)CC1)OCC(=O)N2. The van der Waals surface area contributed by atoms with E-state index in [0.717, 1.165) is 19.0 Å². The lowest BCUT2D eigenvalue weighted by Crippen LogP contribution is -2.39. The van der Waals surface area contributed by atoms with E-state index in [2.05, 4.69) is 21.9 Å². The quantitative estimate of drug-likeness (QED) is 0.820. The van der Waals surface area contributed by atoms with Gasteiger partial charge in [0.25, 0.3) is 5.91 Å². The van der Waals surface area contributed by atoms with Gasteiger partial charge in [-0.3, -0.25) is 4.79 Å². The summed E-state index contributed by atoms with van der Waals surface area (Å²) in [6, 6.07) is 3.11. The molecule has 2 aliphatic heterocycles. The number of hydrogen-bond donors (Lipinski definition) is 2. The van der Waals surface area contributed by atoms with Crippen LogP contribution < -0.4 is 14.8 Å². The van der Waals surface area contributed by atoms with Gasteiger partial charge in [-0.1, -0.05) is 6.92 Å². The van der Waals surface area contributed by atoms with Gasteiger partial charge in [-0.25, -0.2) is 13.1 Å². The van der Waals surface area contributed by atoms with Crippen molar-refractivity contribution in [1.29, 1.82) is 0 Å². The lowest BCUT2D eigenvalue weighted by molar-refractivity contribution is -0.118. The first-order valence-corrected chi connectivity index (χ1v) is 10.1. The molecule has 25 heavy (non-hydrogen) atoms. The predicted octanol–water partition coefficient (Wildman–Crippen LogP) is 1.34. The molecule has 0 unspecified atom stereocenters. The maximum Gasteiger partial charge on any atom is 0.262 e. The second-order valence-electron chi connectivity index (χ2n) is 6.87. The smallest absolute Gasteiger partial charge is 0.262 e. The van der Waals surface area contributed by atoms with Gasteiger partial charge in [0.15, 0.2) is 6.61 Å². The number of sulfonamides is 1. The Morgan fingerprint density at radius 2 is 2.04 bits per heavy atom. The number of nitrogens with one attached hydrogen (secondary N) is 2. The van der Waals surface area contributed by atoms with E-state index in [0.29, 0.717) is 30.1 Å². The van der Waals surface area contributed by atoms with Gasteiger partial charge in [-0.05, 0) is 50.4 Å². The van der Waals surface area contributed by atoms with Gasteiger partial charge in [0.1, 0.15) is 5.75 Å². The lowest BCUT2D eigenvalue weighted by atomic mass is 9.99. The van der Waals surface area contributed by atoms with E-state index in [4.69, 9.17) is 4.74 Å². The van der Waals surface area contributed by atoms with Crippen LogP contribution in [0.15, 0.2) is 17.0 Å². The number of ether oxygens (including phenoxy) is 1. The molecule has 8 heteroatoms. The van der Waals surface area contributed by atoms with Gasteiger partial charge >= 0.3 is 0 Å². The molecule has 0 aliphatic carbocycles. The van der Waals surface area contributed by atoms with Gasteiger partial charge in [-0.15, -0.1) is 0 Å². The van der Waals surface area contributed by atoms with Gasteiger partial charge in [0, 0.05) is 19.2 Å². The number of benzene rings is 1. The van der Waals surface area contributed by atoms with Crippen LogP contribution in [-0.2, 0) is 14.8 Å². The molecule has 1 saturated heterocycles. The van der Waals surface area contributed by atoms with Crippen LogP contribution >= 0.6 is 0 Å². The van der Waals surface area contributed by atoms with Crippen LogP contribution in [0.5, 0.6) is 5.75 Å². The Balaban J connectivity index is 1.65. The molecular weight excluding hydrogens is 342 g/mol. The highest BCUT2D eigenvalue weighted by Crippen LogP contribution is 2.32. The highest BCUT2D eigenvalue weighted by Gasteiger charge is 2.23. The standard InChI is InChI=1S/C17H25N3O4S/c1-12-3-6-20(7-4-12)8-5-18-25(22,23)16-10-15-14(9-13(16)2)19-17(21)11-24-15/h9-10,12,18H,3-8,11H2,1-2H3,(H,19,21). The molecule has 0 spiro atoms. The Morgan fingerprint density at radius 3 is 2.76 bits per heavy atom. The van der Waals surface area contributed by atoms with Crippen LogP contribution in [0, 0.1) is 12.8 Å². The zero-order valence-electron chi connectivity index (χ0n) is 14.7. The minimum atomic E-state index is -3.62. The summed E-state index contributed by atoms with van der Waals surface area (Å²) in [5.41, 5.74) is 1.08. The van der Waals surface area contributed by atoms with Crippen molar-refractivity contribution in [2.75, 3.05) is 38.1 Å². The van der Waals surface area contributed by atoms with E-state index >= 15 is 0 Å². The number of rotatable bonds is 5. The molecule has 1 aromatic rings. The fraction of sp³-hybridized carbons (Fsp3) is 0.588. The van der Waals surface area contributed by atoms with E-state index in [9.17, 15) is 13.2 Å². The van der Waals surface area contributed by atoms with Gasteiger partial charge < -0.3 is 15.0 Å². The number of anilines is 1. The molecule has 0 bridgehead atoms. The van der Waals surface area contributed by atoms with E-state index < -0.39 is 10.0 Å². The molecule has 138 valence electrons. The molecule has 2 aliphatic rings. The van der Waals surface area contributed by atoms with Crippen LogP contribution in [0.1, 0.15) is 25.3 Å². The number of hydrogen-bond acceptors (Lipinski definition) is 5. The number of amides is 1. The summed E-state index contributed by atoms with van der Waals surface area (Å²) in [5.74, 6) is 0.902. The molecule has 1 aromatic carbocycles. The maximum atomic E-state index is 12.6. The second kappa shape index (κ2) is 7.31. The van der Waals surface area contributed by atoms with E-state index in [1.807, 2.05) is 0 Å². The minimum absolute atomic E-state index is 0.101. The summed E-state index contributed by atoms with van der Waals surface area (Å²) in [4.78, 5) is 13.8. The van der Waals surface area contributed by atoms with Crippen molar-refractivity contribution < 1.29 is 17.9 Å². The molecule has 2 N–H and O–H groups in total. The molecule has 1 amide bonds. The number of fused-ring (bicyclic) bond motifs is 1. The van der Waals surface area contributed by atoms with E-state index in [1.165, 1.54) is 18.9 Å². The molecule has 2 heterocycles. The average molecular weight is 367 g/mol. The summed E-state index contributed by atoms with van der Waals surface area (Å²) < 4.78 is 33.3. The first kappa shape index (κ1) is 18.2. The van der Waals surface area contributed by atoms with Crippen molar-refractivity contribution in [2.45, 2.75) is 31.6 Å². The second-order valence-corrected chi connectivity index (χ2v) is 8.61. The molecule has 7 nitrogen and oxygen atoms in total. The molecule has 0 aromatic heterocycles. The van der Waals surface area contributed by atoms with Crippen molar-refractivity contribution >= 4 is 21.6 Å². The van der Waals surface area contributed by atoms with E-state index in [1.54, 1.807) is 13.0 Å². The highest BCUT2D eigenvalue weighted by molar-refractivity contribution is 7.89.